The van der Waals surface area contributed by atoms with E-state index in [9.17, 15) is 9.90 Å². The van der Waals surface area contributed by atoms with Crippen molar-refractivity contribution in [2.24, 2.45) is 29.6 Å². The van der Waals surface area contributed by atoms with Crippen molar-refractivity contribution in [1.29, 1.82) is 0 Å². The number of likely N-dealkylation sites (tertiary alicyclic amines) is 1. The average molecular weight is 516 g/mol. The van der Waals surface area contributed by atoms with E-state index in [2.05, 4.69) is 18.7 Å². The fourth-order valence-corrected chi connectivity index (χ4v) is 9.10. The largest absolute Gasteiger partial charge is 0.455 e. The maximum Gasteiger partial charge on any atom is 0.311 e. The monoisotopic (exact) mass is 515 g/mol. The first kappa shape index (κ1) is 24.8. The Balaban J connectivity index is 1.09. The summed E-state index contributed by atoms with van der Waals surface area (Å²) in [6.45, 7) is 7.09. The first-order valence-corrected chi connectivity index (χ1v) is 14.8. The minimum Gasteiger partial charge on any atom is -0.455 e. The van der Waals surface area contributed by atoms with E-state index < -0.39 is 11.2 Å². The van der Waals surface area contributed by atoms with Gasteiger partial charge >= 0.3 is 5.97 Å². The fourth-order valence-electron chi connectivity index (χ4n) is 9.10. The summed E-state index contributed by atoms with van der Waals surface area (Å²) in [5.41, 5.74) is 0.383. The molecule has 2 aromatic carbocycles. The third-order valence-corrected chi connectivity index (χ3v) is 11.2. The summed E-state index contributed by atoms with van der Waals surface area (Å²) in [7, 11) is 0. The molecule has 1 unspecified atom stereocenters. The van der Waals surface area contributed by atoms with Gasteiger partial charge in [-0.2, -0.15) is 0 Å². The molecule has 5 nitrogen and oxygen atoms in total. The van der Waals surface area contributed by atoms with E-state index in [0.717, 1.165) is 62.9 Å². The average Bonchev–Trinajstić information content (AvgIpc) is 3.58. The first-order valence-electron chi connectivity index (χ1n) is 14.8. The van der Waals surface area contributed by atoms with Crippen molar-refractivity contribution in [3.8, 4) is 0 Å². The number of rotatable bonds is 5. The molecule has 3 saturated heterocycles. The van der Waals surface area contributed by atoms with E-state index in [1.807, 2.05) is 60.7 Å². The molecule has 1 spiro atoms. The van der Waals surface area contributed by atoms with Gasteiger partial charge in [-0.1, -0.05) is 67.6 Å². The number of aliphatic hydroxyl groups is 1. The lowest BCUT2D eigenvalue weighted by atomic mass is 9.55. The number of carbonyl (C=O) groups excluding carboxylic acids is 1. The predicted octanol–water partition coefficient (Wildman–Crippen LogP) is 5.16. The molecule has 2 aliphatic carbocycles. The molecule has 0 aromatic heterocycles. The SMILES string of the molecule is C[C@@H]1CC[C@H]2C(CN3CCC(C(O)(c4ccccc4)c4ccccc4)CC3)C(=O)O[C@]23[C@H]1CC[C@@]1(C)O[C@@H]31. The molecule has 7 atom stereocenters. The quantitative estimate of drug-likeness (QED) is 0.440. The van der Waals surface area contributed by atoms with Crippen molar-refractivity contribution in [3.63, 3.8) is 0 Å². The van der Waals surface area contributed by atoms with Crippen LogP contribution in [0.1, 0.15) is 63.5 Å². The van der Waals surface area contributed by atoms with Crippen molar-refractivity contribution in [3.05, 3.63) is 71.8 Å². The third-order valence-electron chi connectivity index (χ3n) is 11.2. The van der Waals surface area contributed by atoms with Gasteiger partial charge in [-0.05, 0) is 81.5 Å². The van der Waals surface area contributed by atoms with Gasteiger partial charge in [0.1, 0.15) is 17.3 Å². The second kappa shape index (κ2) is 8.90. The highest BCUT2D eigenvalue weighted by Gasteiger charge is 2.77. The molecular weight excluding hydrogens is 474 g/mol. The van der Waals surface area contributed by atoms with E-state index in [0.29, 0.717) is 11.8 Å². The highest BCUT2D eigenvalue weighted by molar-refractivity contribution is 5.77. The lowest BCUT2D eigenvalue weighted by Gasteiger charge is -2.50. The van der Waals surface area contributed by atoms with Crippen LogP contribution in [-0.4, -0.2) is 52.9 Å². The smallest absolute Gasteiger partial charge is 0.311 e. The Hall–Kier alpha value is -2.21. The number of carbonyl (C=O) groups is 1. The molecule has 3 aliphatic heterocycles. The van der Waals surface area contributed by atoms with Crippen LogP contribution in [0.3, 0.4) is 0 Å². The molecule has 0 bridgehead atoms. The summed E-state index contributed by atoms with van der Waals surface area (Å²) >= 11 is 0. The fraction of sp³-hybridized carbons (Fsp3) is 0.606. The Morgan fingerprint density at radius 1 is 0.921 bits per heavy atom. The van der Waals surface area contributed by atoms with Crippen LogP contribution in [0.4, 0.5) is 0 Å². The lowest BCUT2D eigenvalue weighted by Crippen LogP contribution is -2.58. The number of fused-ring (bicyclic) bond motifs is 1. The molecule has 1 N–H and O–H groups in total. The second-order valence-corrected chi connectivity index (χ2v) is 13.1. The number of hydrogen-bond acceptors (Lipinski definition) is 5. The van der Waals surface area contributed by atoms with Gasteiger partial charge in [0, 0.05) is 18.4 Å². The summed E-state index contributed by atoms with van der Waals surface area (Å²) < 4.78 is 12.8. The second-order valence-electron chi connectivity index (χ2n) is 13.1. The van der Waals surface area contributed by atoms with Crippen LogP contribution in [-0.2, 0) is 19.9 Å². The molecule has 2 saturated carbocycles. The van der Waals surface area contributed by atoms with Crippen LogP contribution in [0.5, 0.6) is 0 Å². The van der Waals surface area contributed by atoms with Crippen LogP contribution < -0.4 is 0 Å². The van der Waals surface area contributed by atoms with Crippen LogP contribution in [0, 0.1) is 29.6 Å². The van der Waals surface area contributed by atoms with Crippen LogP contribution >= 0.6 is 0 Å². The van der Waals surface area contributed by atoms with Crippen LogP contribution in [0.25, 0.3) is 0 Å². The number of nitrogens with zero attached hydrogens (tertiary/aromatic N) is 1. The van der Waals surface area contributed by atoms with Gasteiger partial charge in [0.25, 0.3) is 0 Å². The van der Waals surface area contributed by atoms with E-state index >= 15 is 0 Å². The van der Waals surface area contributed by atoms with Gasteiger partial charge in [0.05, 0.1) is 11.5 Å². The van der Waals surface area contributed by atoms with E-state index in [4.69, 9.17) is 9.47 Å². The molecule has 3 heterocycles. The number of esters is 1. The van der Waals surface area contributed by atoms with E-state index in [1.165, 1.54) is 6.42 Å². The zero-order chi connectivity index (χ0) is 26.1. The minimum atomic E-state index is -1.02. The van der Waals surface area contributed by atoms with Gasteiger partial charge in [-0.3, -0.25) is 4.79 Å². The van der Waals surface area contributed by atoms with Gasteiger partial charge in [0.2, 0.25) is 0 Å². The Labute approximate surface area is 226 Å². The molecule has 38 heavy (non-hydrogen) atoms. The Bertz CT molecular complexity index is 1140. The van der Waals surface area contributed by atoms with Crippen molar-refractivity contribution < 1.29 is 19.4 Å². The van der Waals surface area contributed by atoms with E-state index in [1.54, 1.807) is 0 Å². The summed E-state index contributed by atoms with van der Waals surface area (Å²) in [6.07, 6.45) is 6.28. The normalized spacial score (nSPS) is 39.1. The molecular formula is C33H41NO4. The maximum absolute atomic E-state index is 13.5. The summed E-state index contributed by atoms with van der Waals surface area (Å²) in [4.78, 5) is 15.9. The molecule has 2 aromatic rings. The van der Waals surface area contributed by atoms with Crippen LogP contribution in [0.2, 0.25) is 0 Å². The number of epoxide rings is 1. The predicted molar refractivity (Wildman–Crippen MR) is 145 cm³/mol. The van der Waals surface area contributed by atoms with Crippen molar-refractivity contribution in [2.45, 2.75) is 75.3 Å². The van der Waals surface area contributed by atoms with Crippen LogP contribution in [0.15, 0.2) is 60.7 Å². The zero-order valence-electron chi connectivity index (χ0n) is 22.7. The topological polar surface area (TPSA) is 62.3 Å². The molecule has 5 heteroatoms. The standard InChI is InChI=1S/C33H41NO4/c1-22-13-14-28-26(29(35)37-33(28)27(22)15-18-31(2)30(33)38-31)21-34-19-16-25(17-20-34)32(36,23-9-5-3-6-10-23)24-11-7-4-8-12-24/h3-12,22,25-28,30,36H,13-21H2,1-2H3/t22-,26?,27+,28+,30-,31-,33-/m1/s1. The van der Waals surface area contributed by atoms with Crippen molar-refractivity contribution in [2.75, 3.05) is 19.6 Å². The van der Waals surface area contributed by atoms with Crippen molar-refractivity contribution in [1.82, 2.24) is 4.90 Å². The molecule has 5 fully saturated rings. The van der Waals surface area contributed by atoms with Gasteiger partial charge in [-0.15, -0.1) is 0 Å². The first-order chi connectivity index (χ1) is 18.4. The summed E-state index contributed by atoms with van der Waals surface area (Å²) in [5.74, 6) is 1.30. The lowest BCUT2D eigenvalue weighted by molar-refractivity contribution is -0.168. The number of hydrogen-bond donors (Lipinski definition) is 1. The van der Waals surface area contributed by atoms with Gasteiger partial charge < -0.3 is 19.5 Å². The third kappa shape index (κ3) is 3.58. The number of ether oxygens (including phenoxy) is 2. The number of benzene rings is 2. The Morgan fingerprint density at radius 2 is 1.55 bits per heavy atom. The molecule has 5 aliphatic rings. The zero-order valence-corrected chi connectivity index (χ0v) is 22.7. The Kier molecular flexibility index (Phi) is 5.81. The highest BCUT2D eigenvalue weighted by atomic mass is 16.7. The molecule has 0 amide bonds. The highest BCUT2D eigenvalue weighted by Crippen LogP contribution is 2.66. The molecule has 202 valence electrons. The Morgan fingerprint density at radius 3 is 2.18 bits per heavy atom. The molecule has 7 rings (SSSR count). The number of piperidine rings is 1. The molecule has 0 radical (unpaired) electrons. The van der Waals surface area contributed by atoms with Gasteiger partial charge in [0.15, 0.2) is 0 Å². The van der Waals surface area contributed by atoms with E-state index in [-0.39, 0.29) is 35.4 Å². The van der Waals surface area contributed by atoms with Crippen molar-refractivity contribution >= 4 is 5.97 Å². The summed E-state index contributed by atoms with van der Waals surface area (Å²) in [5, 5.41) is 12.3. The minimum absolute atomic E-state index is 0.000972. The summed E-state index contributed by atoms with van der Waals surface area (Å²) in [6, 6.07) is 20.2. The maximum atomic E-state index is 13.5. The van der Waals surface area contributed by atoms with Gasteiger partial charge in [-0.25, -0.2) is 0 Å².